The molecule has 1 heterocycles. The van der Waals surface area contributed by atoms with E-state index in [1.165, 1.54) is 14.2 Å². The molecule has 0 unspecified atom stereocenters. The molecule has 0 spiro atoms. The third kappa shape index (κ3) is 2.86. The highest BCUT2D eigenvalue weighted by Gasteiger charge is 2.32. The minimum atomic E-state index is -0.469. The Labute approximate surface area is 119 Å². The number of methoxy groups -OCH3 is 2. The Morgan fingerprint density at radius 2 is 1.80 bits per heavy atom. The molecule has 0 atom stereocenters. The highest BCUT2D eigenvalue weighted by Crippen LogP contribution is 2.31. The molecule has 0 radical (unpaired) electrons. The van der Waals surface area contributed by atoms with Crippen LogP contribution in [0.2, 0.25) is 0 Å². The number of carbonyl (C=O) groups is 2. The van der Waals surface area contributed by atoms with Gasteiger partial charge in [0.05, 0.1) is 19.8 Å². The quantitative estimate of drug-likeness (QED) is 0.741. The van der Waals surface area contributed by atoms with Gasteiger partial charge in [0.1, 0.15) is 5.70 Å². The van der Waals surface area contributed by atoms with E-state index in [4.69, 9.17) is 9.47 Å². The van der Waals surface area contributed by atoms with Crippen LogP contribution in [0, 0.1) is 0 Å². The summed E-state index contributed by atoms with van der Waals surface area (Å²) in [6.07, 6.45) is 9.48. The highest BCUT2D eigenvalue weighted by molar-refractivity contribution is 6.00. The van der Waals surface area contributed by atoms with Crippen molar-refractivity contribution in [2.75, 3.05) is 14.2 Å². The minimum absolute atomic E-state index is 0.262. The molecule has 0 bridgehead atoms. The molecular formula is C15H21NO4. The molecule has 1 aliphatic heterocycles. The number of allylic oxidation sites excluding steroid dienone is 1. The summed E-state index contributed by atoms with van der Waals surface area (Å²) in [4.78, 5) is 26.0. The number of ether oxygens (including phenoxy) is 2. The van der Waals surface area contributed by atoms with Gasteiger partial charge >= 0.3 is 11.9 Å². The normalized spacial score (nSPS) is 20.0. The summed E-state index contributed by atoms with van der Waals surface area (Å²) >= 11 is 0. The standard InChI is InChI=1S/C15H21NO4/c1-19-14(17)12-9-5-6-10-16(11-7-3-4-8-11)13(12)15(18)20-2/h6,10-11H,3-5,7-9H2,1-2H3. The van der Waals surface area contributed by atoms with Crippen LogP contribution >= 0.6 is 0 Å². The zero-order valence-electron chi connectivity index (χ0n) is 12.1. The van der Waals surface area contributed by atoms with Crippen molar-refractivity contribution in [1.29, 1.82) is 0 Å². The summed E-state index contributed by atoms with van der Waals surface area (Å²) in [5, 5.41) is 0. The number of carbonyl (C=O) groups excluding carboxylic acids is 2. The summed E-state index contributed by atoms with van der Waals surface area (Å²) in [6, 6.07) is 0.262. The number of nitrogens with zero attached hydrogens (tertiary/aromatic N) is 1. The first-order valence-electron chi connectivity index (χ1n) is 7.03. The summed E-state index contributed by atoms with van der Waals surface area (Å²) in [5.74, 6) is -0.916. The van der Waals surface area contributed by atoms with Crippen molar-refractivity contribution in [3.63, 3.8) is 0 Å². The second-order valence-electron chi connectivity index (χ2n) is 5.08. The van der Waals surface area contributed by atoms with E-state index in [0.717, 1.165) is 25.7 Å². The second-order valence-corrected chi connectivity index (χ2v) is 5.08. The third-order valence-corrected chi connectivity index (χ3v) is 3.90. The molecule has 1 saturated carbocycles. The van der Waals surface area contributed by atoms with E-state index in [0.29, 0.717) is 24.1 Å². The molecule has 2 aliphatic rings. The number of esters is 2. The van der Waals surface area contributed by atoms with Crippen LogP contribution in [0.1, 0.15) is 38.5 Å². The van der Waals surface area contributed by atoms with E-state index >= 15 is 0 Å². The maximum Gasteiger partial charge on any atom is 0.355 e. The molecule has 0 aromatic carbocycles. The van der Waals surface area contributed by atoms with Gasteiger partial charge in [-0.1, -0.05) is 18.9 Å². The van der Waals surface area contributed by atoms with Crippen LogP contribution in [0.5, 0.6) is 0 Å². The van der Waals surface area contributed by atoms with Gasteiger partial charge in [-0.05, 0) is 25.7 Å². The molecule has 20 heavy (non-hydrogen) atoms. The minimum Gasteiger partial charge on any atom is -0.466 e. The molecule has 110 valence electrons. The molecule has 2 rings (SSSR count). The summed E-state index contributed by atoms with van der Waals surface area (Å²) in [5.41, 5.74) is 0.760. The van der Waals surface area contributed by atoms with Crippen molar-refractivity contribution in [3.05, 3.63) is 23.5 Å². The molecule has 5 heteroatoms. The molecule has 1 aliphatic carbocycles. The second kappa shape index (κ2) is 6.59. The van der Waals surface area contributed by atoms with E-state index in [-0.39, 0.29) is 6.04 Å². The van der Waals surface area contributed by atoms with E-state index in [2.05, 4.69) is 0 Å². The lowest BCUT2D eigenvalue weighted by Crippen LogP contribution is -2.33. The Bertz CT molecular complexity index is 447. The topological polar surface area (TPSA) is 55.8 Å². The average molecular weight is 279 g/mol. The smallest absolute Gasteiger partial charge is 0.355 e. The SMILES string of the molecule is COC(=O)C1=C(C(=O)OC)N(C2CCCC2)C=CCC1. The molecule has 0 N–H and O–H groups in total. The summed E-state index contributed by atoms with van der Waals surface area (Å²) in [6.45, 7) is 0. The zero-order valence-corrected chi connectivity index (χ0v) is 12.1. The fourth-order valence-corrected chi connectivity index (χ4v) is 2.90. The van der Waals surface area contributed by atoms with Crippen molar-refractivity contribution in [3.8, 4) is 0 Å². The Morgan fingerprint density at radius 1 is 1.15 bits per heavy atom. The van der Waals surface area contributed by atoms with Crippen LogP contribution in [0.4, 0.5) is 0 Å². The third-order valence-electron chi connectivity index (χ3n) is 3.90. The van der Waals surface area contributed by atoms with Crippen molar-refractivity contribution in [2.45, 2.75) is 44.6 Å². The van der Waals surface area contributed by atoms with E-state index in [9.17, 15) is 9.59 Å². The van der Waals surface area contributed by atoms with E-state index < -0.39 is 11.9 Å². The fourth-order valence-electron chi connectivity index (χ4n) is 2.90. The zero-order chi connectivity index (χ0) is 14.5. The van der Waals surface area contributed by atoms with Gasteiger partial charge in [0.25, 0.3) is 0 Å². The maximum atomic E-state index is 12.2. The van der Waals surface area contributed by atoms with Gasteiger partial charge in [-0.25, -0.2) is 9.59 Å². The maximum absolute atomic E-state index is 12.2. The van der Waals surface area contributed by atoms with Crippen LogP contribution in [0.25, 0.3) is 0 Å². The summed E-state index contributed by atoms with van der Waals surface area (Å²) < 4.78 is 9.70. The molecule has 0 aromatic heterocycles. The fraction of sp³-hybridized carbons (Fsp3) is 0.600. The van der Waals surface area contributed by atoms with Gasteiger partial charge in [-0.3, -0.25) is 0 Å². The molecule has 5 nitrogen and oxygen atoms in total. The number of hydrogen-bond acceptors (Lipinski definition) is 5. The number of rotatable bonds is 3. The van der Waals surface area contributed by atoms with Gasteiger partial charge < -0.3 is 14.4 Å². The van der Waals surface area contributed by atoms with Crippen LogP contribution in [-0.2, 0) is 19.1 Å². The van der Waals surface area contributed by atoms with Crippen molar-refractivity contribution >= 4 is 11.9 Å². The molecule has 0 amide bonds. The molecule has 0 aromatic rings. The average Bonchev–Trinajstić information content (AvgIpc) is 2.91. The largest absolute Gasteiger partial charge is 0.466 e. The summed E-state index contributed by atoms with van der Waals surface area (Å²) in [7, 11) is 2.67. The van der Waals surface area contributed by atoms with Gasteiger partial charge in [0, 0.05) is 12.2 Å². The molecule has 0 saturated heterocycles. The predicted molar refractivity (Wildman–Crippen MR) is 73.5 cm³/mol. The first kappa shape index (κ1) is 14.6. The van der Waals surface area contributed by atoms with E-state index in [1.54, 1.807) is 0 Å². The first-order valence-corrected chi connectivity index (χ1v) is 7.03. The van der Waals surface area contributed by atoms with Crippen molar-refractivity contribution in [2.24, 2.45) is 0 Å². The Balaban J connectivity index is 2.43. The van der Waals surface area contributed by atoms with Crippen LogP contribution in [0.15, 0.2) is 23.5 Å². The Hall–Kier alpha value is -1.78. The molecular weight excluding hydrogens is 258 g/mol. The van der Waals surface area contributed by atoms with Gasteiger partial charge in [0.15, 0.2) is 0 Å². The Morgan fingerprint density at radius 3 is 2.40 bits per heavy atom. The Kier molecular flexibility index (Phi) is 4.82. The monoisotopic (exact) mass is 279 g/mol. The van der Waals surface area contributed by atoms with Crippen molar-refractivity contribution < 1.29 is 19.1 Å². The predicted octanol–water partition coefficient (Wildman–Crippen LogP) is 2.14. The van der Waals surface area contributed by atoms with E-state index in [1.807, 2.05) is 17.2 Å². The lowest BCUT2D eigenvalue weighted by Gasteiger charge is -2.29. The highest BCUT2D eigenvalue weighted by atomic mass is 16.5. The van der Waals surface area contributed by atoms with Gasteiger partial charge in [0.2, 0.25) is 0 Å². The van der Waals surface area contributed by atoms with Gasteiger partial charge in [-0.15, -0.1) is 0 Å². The lowest BCUT2D eigenvalue weighted by atomic mass is 10.1. The van der Waals surface area contributed by atoms with Crippen LogP contribution in [-0.4, -0.2) is 37.1 Å². The lowest BCUT2D eigenvalue weighted by molar-refractivity contribution is -0.140. The molecule has 1 fully saturated rings. The number of hydrogen-bond donors (Lipinski definition) is 0. The van der Waals surface area contributed by atoms with Crippen LogP contribution in [0.3, 0.4) is 0 Å². The van der Waals surface area contributed by atoms with Crippen LogP contribution < -0.4 is 0 Å². The first-order chi connectivity index (χ1) is 9.69. The van der Waals surface area contributed by atoms with Gasteiger partial charge in [-0.2, -0.15) is 0 Å². The van der Waals surface area contributed by atoms with Crippen molar-refractivity contribution in [1.82, 2.24) is 4.90 Å².